The maximum absolute atomic E-state index is 13.8. The molecule has 0 bridgehead atoms. The van der Waals surface area contributed by atoms with E-state index in [1.807, 2.05) is 34.6 Å². The quantitative estimate of drug-likeness (QED) is 0.460. The summed E-state index contributed by atoms with van der Waals surface area (Å²) in [4.78, 5) is 2.60. The summed E-state index contributed by atoms with van der Waals surface area (Å²) in [5.74, 6) is -0.645. The van der Waals surface area contributed by atoms with Gasteiger partial charge in [0, 0.05) is 26.2 Å². The maximum Gasteiger partial charge on any atom is 0.243 e. The minimum atomic E-state index is -3.67. The van der Waals surface area contributed by atoms with E-state index in [0.717, 1.165) is 38.9 Å². The first kappa shape index (κ1) is 25.5. The Labute approximate surface area is 207 Å². The Balaban J connectivity index is 1.63. The van der Waals surface area contributed by atoms with Crippen LogP contribution in [-0.2, 0) is 10.0 Å². The van der Waals surface area contributed by atoms with Crippen LogP contribution in [0.5, 0.6) is 0 Å². The second-order valence-corrected chi connectivity index (χ2v) is 11.3. The fraction of sp³-hybridized carbons (Fsp3) is 0.357. The second kappa shape index (κ2) is 9.80. The van der Waals surface area contributed by atoms with Gasteiger partial charge in [-0.3, -0.25) is 4.90 Å². The van der Waals surface area contributed by atoms with Crippen molar-refractivity contribution < 1.29 is 17.2 Å². The Morgan fingerprint density at radius 3 is 1.40 bits per heavy atom. The lowest BCUT2D eigenvalue weighted by Crippen LogP contribution is -2.50. The lowest BCUT2D eigenvalue weighted by atomic mass is 9.95. The smallest absolute Gasteiger partial charge is 0.243 e. The van der Waals surface area contributed by atoms with Crippen molar-refractivity contribution in [2.75, 3.05) is 26.2 Å². The fourth-order valence-electron chi connectivity index (χ4n) is 5.09. The topological polar surface area (TPSA) is 40.6 Å². The number of nitrogens with zero attached hydrogens (tertiary/aromatic N) is 2. The zero-order valence-electron chi connectivity index (χ0n) is 20.9. The summed E-state index contributed by atoms with van der Waals surface area (Å²) >= 11 is 0. The largest absolute Gasteiger partial charge is 0.290 e. The van der Waals surface area contributed by atoms with E-state index >= 15 is 0 Å². The van der Waals surface area contributed by atoms with Gasteiger partial charge in [0.1, 0.15) is 11.6 Å². The van der Waals surface area contributed by atoms with Gasteiger partial charge in [-0.25, -0.2) is 17.2 Å². The molecule has 4 nitrogen and oxygen atoms in total. The van der Waals surface area contributed by atoms with Crippen molar-refractivity contribution in [3.8, 4) is 0 Å². The number of hydrogen-bond acceptors (Lipinski definition) is 3. The third-order valence-corrected chi connectivity index (χ3v) is 9.71. The third kappa shape index (κ3) is 4.77. The molecule has 1 fully saturated rings. The van der Waals surface area contributed by atoms with Gasteiger partial charge in [-0.05, 0) is 97.8 Å². The Kier molecular flexibility index (Phi) is 7.13. The molecule has 0 N–H and O–H groups in total. The van der Waals surface area contributed by atoms with Gasteiger partial charge in [0.2, 0.25) is 10.0 Å². The van der Waals surface area contributed by atoms with Crippen LogP contribution in [0.25, 0.3) is 0 Å². The number of hydrogen-bond donors (Lipinski definition) is 0. The van der Waals surface area contributed by atoms with E-state index in [0.29, 0.717) is 31.1 Å². The summed E-state index contributed by atoms with van der Waals surface area (Å²) in [6.45, 7) is 11.4. The Morgan fingerprint density at radius 2 is 1.00 bits per heavy atom. The van der Waals surface area contributed by atoms with Gasteiger partial charge in [0.05, 0.1) is 10.9 Å². The van der Waals surface area contributed by atoms with Crippen LogP contribution in [0.3, 0.4) is 0 Å². The van der Waals surface area contributed by atoms with Crippen LogP contribution in [0.15, 0.2) is 53.4 Å². The summed E-state index contributed by atoms with van der Waals surface area (Å²) in [7, 11) is -3.67. The van der Waals surface area contributed by atoms with E-state index in [4.69, 9.17) is 0 Å². The van der Waals surface area contributed by atoms with Gasteiger partial charge in [0.15, 0.2) is 0 Å². The minimum Gasteiger partial charge on any atom is -0.290 e. The normalized spacial score (nSPS) is 15.7. The van der Waals surface area contributed by atoms with Gasteiger partial charge in [0.25, 0.3) is 0 Å². The molecule has 35 heavy (non-hydrogen) atoms. The molecule has 1 heterocycles. The predicted octanol–water partition coefficient (Wildman–Crippen LogP) is 5.60. The molecule has 1 saturated heterocycles. The van der Waals surface area contributed by atoms with Gasteiger partial charge in [-0.1, -0.05) is 24.3 Å². The molecule has 4 rings (SSSR count). The molecule has 0 unspecified atom stereocenters. The highest BCUT2D eigenvalue weighted by Gasteiger charge is 2.34. The average Bonchev–Trinajstić information content (AvgIpc) is 2.84. The molecule has 1 aliphatic heterocycles. The van der Waals surface area contributed by atoms with E-state index < -0.39 is 10.0 Å². The Hall–Kier alpha value is -2.61. The number of halogens is 2. The van der Waals surface area contributed by atoms with Crippen molar-refractivity contribution >= 4 is 10.0 Å². The number of benzene rings is 3. The molecular formula is C28H32F2N2O2S. The average molecular weight is 499 g/mol. The molecule has 7 heteroatoms. The van der Waals surface area contributed by atoms with Crippen LogP contribution < -0.4 is 0 Å². The van der Waals surface area contributed by atoms with Crippen LogP contribution in [0, 0.1) is 46.3 Å². The van der Waals surface area contributed by atoms with Gasteiger partial charge < -0.3 is 0 Å². The molecule has 0 amide bonds. The summed E-state index contributed by atoms with van der Waals surface area (Å²) in [5, 5.41) is 0. The van der Waals surface area contributed by atoms with Crippen molar-refractivity contribution in [2.45, 2.75) is 45.6 Å². The van der Waals surface area contributed by atoms with Crippen LogP contribution in [0.2, 0.25) is 0 Å². The summed E-state index contributed by atoms with van der Waals surface area (Å²) in [6.07, 6.45) is 0. The van der Waals surface area contributed by atoms with Gasteiger partial charge in [-0.15, -0.1) is 0 Å². The van der Waals surface area contributed by atoms with E-state index in [2.05, 4.69) is 4.90 Å². The molecule has 1 aliphatic rings. The van der Waals surface area contributed by atoms with Gasteiger partial charge >= 0.3 is 0 Å². The molecule has 0 atom stereocenters. The highest BCUT2D eigenvalue weighted by atomic mass is 32.2. The van der Waals surface area contributed by atoms with Crippen LogP contribution in [0.4, 0.5) is 8.78 Å². The van der Waals surface area contributed by atoms with E-state index in [9.17, 15) is 17.2 Å². The Bertz CT molecular complexity index is 1250. The van der Waals surface area contributed by atoms with Crippen LogP contribution in [0.1, 0.15) is 45.0 Å². The predicted molar refractivity (Wildman–Crippen MR) is 135 cm³/mol. The molecule has 186 valence electrons. The molecule has 0 radical (unpaired) electrons. The standard InChI is InChI=1S/C28H32F2N2O2S/c1-18-19(2)21(4)28(22(5)20(18)3)35(33,34)32-16-14-31(15-17-32)27(23-6-10-25(29)11-7-23)24-8-12-26(30)13-9-24/h6-13,27H,14-17H2,1-5H3. The first-order valence-electron chi connectivity index (χ1n) is 11.8. The molecule has 0 aliphatic carbocycles. The lowest BCUT2D eigenvalue weighted by molar-refractivity contribution is 0.155. The Morgan fingerprint density at radius 1 is 0.629 bits per heavy atom. The first-order chi connectivity index (χ1) is 16.5. The minimum absolute atomic E-state index is 0.228. The van der Waals surface area contributed by atoms with Crippen molar-refractivity contribution in [3.05, 3.63) is 99.1 Å². The lowest BCUT2D eigenvalue weighted by Gasteiger charge is -2.39. The highest BCUT2D eigenvalue weighted by Crippen LogP contribution is 2.34. The monoisotopic (exact) mass is 498 g/mol. The van der Waals surface area contributed by atoms with E-state index in [1.54, 1.807) is 28.6 Å². The maximum atomic E-state index is 13.8. The second-order valence-electron chi connectivity index (χ2n) is 9.40. The molecule has 0 saturated carbocycles. The van der Waals surface area contributed by atoms with Crippen molar-refractivity contribution in [3.63, 3.8) is 0 Å². The highest BCUT2D eigenvalue weighted by molar-refractivity contribution is 7.89. The zero-order chi connectivity index (χ0) is 25.5. The summed E-state index contributed by atoms with van der Waals surface area (Å²) in [5.41, 5.74) is 6.53. The van der Waals surface area contributed by atoms with E-state index in [1.165, 1.54) is 24.3 Å². The zero-order valence-corrected chi connectivity index (χ0v) is 21.7. The third-order valence-electron chi connectivity index (χ3n) is 7.54. The summed E-state index contributed by atoms with van der Waals surface area (Å²) < 4.78 is 56.3. The molecule has 3 aromatic carbocycles. The van der Waals surface area contributed by atoms with Crippen molar-refractivity contribution in [1.29, 1.82) is 0 Å². The van der Waals surface area contributed by atoms with Crippen molar-refractivity contribution in [1.82, 2.24) is 9.21 Å². The van der Waals surface area contributed by atoms with Crippen molar-refractivity contribution in [2.24, 2.45) is 0 Å². The molecule has 0 spiro atoms. The fourth-order valence-corrected chi connectivity index (χ4v) is 7.07. The number of sulfonamides is 1. The van der Waals surface area contributed by atoms with Crippen LogP contribution >= 0.6 is 0 Å². The van der Waals surface area contributed by atoms with Crippen LogP contribution in [-0.4, -0.2) is 43.8 Å². The summed E-state index contributed by atoms with van der Waals surface area (Å²) in [6, 6.07) is 12.4. The number of rotatable bonds is 5. The van der Waals surface area contributed by atoms with Gasteiger partial charge in [-0.2, -0.15) is 4.31 Å². The van der Waals surface area contributed by atoms with E-state index in [-0.39, 0.29) is 17.7 Å². The number of piperazine rings is 1. The SMILES string of the molecule is Cc1c(C)c(C)c(S(=O)(=O)N2CCN(C(c3ccc(F)cc3)c3ccc(F)cc3)CC2)c(C)c1C. The molecule has 0 aromatic heterocycles. The molecular weight excluding hydrogens is 466 g/mol. The molecule has 3 aromatic rings. The first-order valence-corrected chi connectivity index (χ1v) is 13.3.